The number of hydrogen-bond donors (Lipinski definition) is 2. The number of pyridine rings is 1. The van der Waals surface area contributed by atoms with Crippen LogP contribution in [0.4, 0.5) is 17.1 Å². The molecule has 0 saturated carbocycles. The summed E-state index contributed by atoms with van der Waals surface area (Å²) in [5.74, 6) is 0. The fourth-order valence-electron chi connectivity index (χ4n) is 2.28. The molecule has 0 atom stereocenters. The summed E-state index contributed by atoms with van der Waals surface area (Å²) in [4.78, 5) is 6.16. The summed E-state index contributed by atoms with van der Waals surface area (Å²) >= 11 is 0. The van der Waals surface area contributed by atoms with Gasteiger partial charge in [-0.2, -0.15) is 0 Å². The Morgan fingerprint density at radius 3 is 1.64 bits per heavy atom. The molecule has 0 aliphatic heterocycles. The molecular weight excluding hydrogens is 275 g/mol. The molecule has 1 aromatic heterocycles. The Balaban J connectivity index is 2.06. The van der Waals surface area contributed by atoms with E-state index in [1.807, 2.05) is 66.7 Å². The molecule has 0 aliphatic carbocycles. The second-order valence-corrected chi connectivity index (χ2v) is 4.82. The Morgan fingerprint density at radius 1 is 0.682 bits per heavy atom. The van der Waals surface area contributed by atoms with Crippen LogP contribution < -0.4 is 10.5 Å². The average molecular weight is 290 g/mol. The van der Waals surface area contributed by atoms with Crippen LogP contribution in [-0.4, -0.2) is 22.2 Å². The van der Waals surface area contributed by atoms with E-state index in [9.17, 15) is 0 Å². The number of benzene rings is 2. The van der Waals surface area contributed by atoms with E-state index < -0.39 is 7.12 Å². The monoisotopic (exact) mass is 290 g/mol. The lowest BCUT2D eigenvalue weighted by atomic mass is 9.86. The van der Waals surface area contributed by atoms with Crippen molar-refractivity contribution >= 4 is 29.8 Å². The van der Waals surface area contributed by atoms with Crippen LogP contribution in [0.5, 0.6) is 0 Å². The maximum absolute atomic E-state index is 9.17. The highest BCUT2D eigenvalue weighted by Gasteiger charge is 2.15. The second-order valence-electron chi connectivity index (χ2n) is 4.82. The molecule has 1 heterocycles. The molecule has 0 fully saturated rings. The van der Waals surface area contributed by atoms with Gasteiger partial charge in [0.25, 0.3) is 0 Å². The van der Waals surface area contributed by atoms with Crippen LogP contribution >= 0.6 is 0 Å². The maximum Gasteiger partial charge on any atom is 0.508 e. The van der Waals surface area contributed by atoms with Crippen LogP contribution in [0.25, 0.3) is 0 Å². The van der Waals surface area contributed by atoms with Gasteiger partial charge in [0.2, 0.25) is 0 Å². The SMILES string of the molecule is OB(O)c1ccc(N(c2ccccc2)c2ccccc2)cn1. The minimum atomic E-state index is -1.56. The number of aromatic nitrogens is 1. The molecule has 0 radical (unpaired) electrons. The van der Waals surface area contributed by atoms with E-state index in [0.717, 1.165) is 17.1 Å². The number of anilines is 3. The molecule has 0 bridgehead atoms. The number of hydrogen-bond acceptors (Lipinski definition) is 4. The summed E-state index contributed by atoms with van der Waals surface area (Å²) in [7, 11) is -1.56. The van der Waals surface area contributed by atoms with Gasteiger partial charge in [-0.05, 0) is 36.4 Å². The third-order valence-corrected chi connectivity index (χ3v) is 3.32. The molecule has 3 rings (SSSR count). The fourth-order valence-corrected chi connectivity index (χ4v) is 2.28. The van der Waals surface area contributed by atoms with Crippen molar-refractivity contribution in [1.82, 2.24) is 4.98 Å². The highest BCUT2D eigenvalue weighted by molar-refractivity contribution is 6.57. The van der Waals surface area contributed by atoms with Gasteiger partial charge < -0.3 is 14.9 Å². The zero-order chi connectivity index (χ0) is 15.4. The van der Waals surface area contributed by atoms with E-state index in [1.165, 1.54) is 0 Å². The van der Waals surface area contributed by atoms with Gasteiger partial charge in [-0.1, -0.05) is 36.4 Å². The third-order valence-electron chi connectivity index (χ3n) is 3.32. The van der Waals surface area contributed by atoms with Gasteiger partial charge in [0, 0.05) is 11.4 Å². The van der Waals surface area contributed by atoms with E-state index in [0.29, 0.717) is 0 Å². The molecular formula is C17H15BN2O2. The number of para-hydroxylation sites is 2. The maximum atomic E-state index is 9.17. The van der Waals surface area contributed by atoms with Crippen LogP contribution in [0.1, 0.15) is 0 Å². The minimum Gasteiger partial charge on any atom is -0.422 e. The molecule has 0 unspecified atom stereocenters. The predicted molar refractivity (Wildman–Crippen MR) is 88.7 cm³/mol. The molecule has 0 aliphatic rings. The van der Waals surface area contributed by atoms with Gasteiger partial charge in [0.05, 0.1) is 17.5 Å². The Kier molecular flexibility index (Phi) is 4.18. The van der Waals surface area contributed by atoms with Crippen LogP contribution in [0, 0.1) is 0 Å². The quantitative estimate of drug-likeness (QED) is 0.723. The zero-order valence-corrected chi connectivity index (χ0v) is 11.9. The zero-order valence-electron chi connectivity index (χ0n) is 11.9. The van der Waals surface area contributed by atoms with Crippen molar-refractivity contribution in [3.63, 3.8) is 0 Å². The Labute approximate surface area is 129 Å². The highest BCUT2D eigenvalue weighted by Crippen LogP contribution is 2.32. The number of nitrogens with zero attached hydrogens (tertiary/aromatic N) is 2. The van der Waals surface area contributed by atoms with E-state index in [-0.39, 0.29) is 5.59 Å². The fraction of sp³-hybridized carbons (Fsp3) is 0. The molecule has 4 nitrogen and oxygen atoms in total. The first-order chi connectivity index (χ1) is 10.8. The van der Waals surface area contributed by atoms with Crippen LogP contribution in [0.2, 0.25) is 0 Å². The second kappa shape index (κ2) is 6.43. The van der Waals surface area contributed by atoms with Crippen molar-refractivity contribution in [3.05, 3.63) is 79.0 Å². The summed E-state index contributed by atoms with van der Waals surface area (Å²) in [6.07, 6.45) is 1.63. The summed E-state index contributed by atoms with van der Waals surface area (Å²) in [6.45, 7) is 0. The normalized spacial score (nSPS) is 10.3. The summed E-state index contributed by atoms with van der Waals surface area (Å²) in [5, 5.41) is 18.3. The lowest BCUT2D eigenvalue weighted by molar-refractivity contribution is 0.424. The van der Waals surface area contributed by atoms with Crippen LogP contribution in [0.15, 0.2) is 79.0 Å². The molecule has 3 aromatic rings. The van der Waals surface area contributed by atoms with Crippen molar-refractivity contribution in [2.45, 2.75) is 0 Å². The third kappa shape index (κ3) is 3.00. The van der Waals surface area contributed by atoms with Gasteiger partial charge in [-0.3, -0.25) is 4.98 Å². The molecule has 5 heteroatoms. The first kappa shape index (κ1) is 14.3. The minimum absolute atomic E-state index is 0.227. The van der Waals surface area contributed by atoms with Crippen molar-refractivity contribution in [1.29, 1.82) is 0 Å². The molecule has 0 spiro atoms. The first-order valence-corrected chi connectivity index (χ1v) is 6.98. The van der Waals surface area contributed by atoms with Gasteiger partial charge in [-0.15, -0.1) is 0 Å². The van der Waals surface area contributed by atoms with E-state index in [2.05, 4.69) is 9.88 Å². The molecule has 108 valence electrons. The summed E-state index contributed by atoms with van der Waals surface area (Å²) < 4.78 is 0. The Bertz CT molecular complexity index is 679. The Morgan fingerprint density at radius 2 is 1.23 bits per heavy atom. The highest BCUT2D eigenvalue weighted by atomic mass is 16.4. The van der Waals surface area contributed by atoms with Gasteiger partial charge in [0.1, 0.15) is 0 Å². The molecule has 2 aromatic carbocycles. The van der Waals surface area contributed by atoms with E-state index in [4.69, 9.17) is 10.0 Å². The van der Waals surface area contributed by atoms with Gasteiger partial charge in [-0.25, -0.2) is 0 Å². The lowest BCUT2D eigenvalue weighted by Crippen LogP contribution is -2.32. The van der Waals surface area contributed by atoms with Crippen molar-refractivity contribution < 1.29 is 10.0 Å². The molecule has 0 saturated heterocycles. The summed E-state index contributed by atoms with van der Waals surface area (Å²) in [6, 6.07) is 23.3. The lowest BCUT2D eigenvalue weighted by Gasteiger charge is -2.25. The van der Waals surface area contributed by atoms with Crippen LogP contribution in [0.3, 0.4) is 0 Å². The van der Waals surface area contributed by atoms with Gasteiger partial charge in [0.15, 0.2) is 0 Å². The van der Waals surface area contributed by atoms with Crippen molar-refractivity contribution in [2.75, 3.05) is 4.90 Å². The molecule has 2 N–H and O–H groups in total. The van der Waals surface area contributed by atoms with E-state index in [1.54, 1.807) is 12.3 Å². The van der Waals surface area contributed by atoms with Gasteiger partial charge >= 0.3 is 7.12 Å². The van der Waals surface area contributed by atoms with Crippen molar-refractivity contribution in [3.8, 4) is 0 Å². The van der Waals surface area contributed by atoms with Crippen LogP contribution in [-0.2, 0) is 0 Å². The smallest absolute Gasteiger partial charge is 0.422 e. The predicted octanol–water partition coefficient (Wildman–Crippen LogP) is 2.23. The molecule has 0 amide bonds. The average Bonchev–Trinajstić information content (AvgIpc) is 2.57. The Hall–Kier alpha value is -2.63. The largest absolute Gasteiger partial charge is 0.508 e. The standard InChI is InChI=1S/C17H15BN2O2/c21-18(22)17-12-11-16(13-19-17)20(14-7-3-1-4-8-14)15-9-5-2-6-10-15/h1-13,21-22H. The topological polar surface area (TPSA) is 56.6 Å². The first-order valence-electron chi connectivity index (χ1n) is 6.98. The van der Waals surface area contributed by atoms with E-state index >= 15 is 0 Å². The van der Waals surface area contributed by atoms with Crippen molar-refractivity contribution in [2.24, 2.45) is 0 Å². The molecule has 22 heavy (non-hydrogen) atoms. The summed E-state index contributed by atoms with van der Waals surface area (Å²) in [5.41, 5.74) is 3.09. The number of rotatable bonds is 4.